The van der Waals surface area contributed by atoms with Crippen LogP contribution in [0, 0.1) is 0 Å². The van der Waals surface area contributed by atoms with E-state index < -0.39 is 10.1 Å². The molecule has 0 unspecified atom stereocenters. The average Bonchev–Trinajstić information content (AvgIpc) is 1.59. The zero-order chi connectivity index (χ0) is 6.62. The van der Waals surface area contributed by atoms with Gasteiger partial charge in [0.05, 0.1) is 10.1 Å². The smallest absolute Gasteiger partial charge is 0.0945 e. The quantitative estimate of drug-likeness (QED) is 0.577. The van der Waals surface area contributed by atoms with Crippen LogP contribution < -0.4 is 0 Å². The van der Waals surface area contributed by atoms with Gasteiger partial charge >= 0.3 is 0 Å². The summed E-state index contributed by atoms with van der Waals surface area (Å²) >= 11 is 0. The van der Waals surface area contributed by atoms with Gasteiger partial charge in [-0.05, 0) is 6.42 Å². The lowest BCUT2D eigenvalue weighted by Gasteiger charge is -2.02. The highest BCUT2D eigenvalue weighted by atomic mass is 32.2. The van der Waals surface area contributed by atoms with Crippen molar-refractivity contribution in [2.45, 2.75) is 27.2 Å². The maximum atomic E-state index is 9.83. The van der Waals surface area contributed by atoms with E-state index in [4.69, 9.17) is 0 Å². The molecule has 0 aliphatic heterocycles. The predicted molar refractivity (Wildman–Crippen MR) is 38.3 cm³/mol. The average molecular weight is 156 g/mol. The Balaban J connectivity index is -0.000000245. The second kappa shape index (κ2) is 4.76. The SMILES string of the molecule is C.CCCCS(=O)(=O)[O-].[2HH]. The van der Waals surface area contributed by atoms with Gasteiger partial charge in [0.1, 0.15) is 0 Å². The van der Waals surface area contributed by atoms with Crippen LogP contribution in [0.3, 0.4) is 0 Å². The van der Waals surface area contributed by atoms with E-state index in [0.29, 0.717) is 6.42 Å². The van der Waals surface area contributed by atoms with Gasteiger partial charge in [0, 0.05) is 7.18 Å². The fourth-order valence-corrected chi connectivity index (χ4v) is 0.963. The normalized spacial score (nSPS) is 10.4. The molecule has 0 fully saturated rings. The molecule has 0 aromatic rings. The van der Waals surface area contributed by atoms with Gasteiger partial charge < -0.3 is 4.55 Å². The van der Waals surface area contributed by atoms with Gasteiger partial charge in [-0.1, -0.05) is 20.8 Å². The zero-order valence-electron chi connectivity index (χ0n) is 4.75. The molecular weight excluding hydrogens is 140 g/mol. The summed E-state index contributed by atoms with van der Waals surface area (Å²) < 4.78 is 29.5. The zero-order valence-corrected chi connectivity index (χ0v) is 5.57. The van der Waals surface area contributed by atoms with Crippen LogP contribution in [0.25, 0.3) is 0 Å². The van der Waals surface area contributed by atoms with Crippen LogP contribution in [0.2, 0.25) is 0 Å². The van der Waals surface area contributed by atoms with Crippen molar-refractivity contribution >= 4 is 10.1 Å². The fraction of sp³-hybridized carbons (Fsp3) is 1.00. The molecule has 0 radical (unpaired) electrons. The molecule has 0 aliphatic rings. The first-order valence-corrected chi connectivity index (χ1v) is 4.07. The van der Waals surface area contributed by atoms with Crippen molar-refractivity contribution in [3.05, 3.63) is 0 Å². The molecule has 4 heteroatoms. The minimum atomic E-state index is -3.94. The number of hydrogen-bond acceptors (Lipinski definition) is 3. The van der Waals surface area contributed by atoms with Crippen molar-refractivity contribution in [1.29, 1.82) is 0 Å². The molecule has 60 valence electrons. The summed E-state index contributed by atoms with van der Waals surface area (Å²) in [5.41, 5.74) is 0. The van der Waals surface area contributed by atoms with E-state index in [9.17, 15) is 13.0 Å². The van der Waals surface area contributed by atoms with Crippen molar-refractivity contribution in [2.24, 2.45) is 0 Å². The van der Waals surface area contributed by atoms with Crippen LogP contribution in [-0.4, -0.2) is 18.7 Å². The molecule has 0 atom stereocenters. The summed E-state index contributed by atoms with van der Waals surface area (Å²) in [6, 6.07) is 0. The number of rotatable bonds is 3. The van der Waals surface area contributed by atoms with Crippen LogP contribution >= 0.6 is 0 Å². The molecule has 3 nitrogen and oxygen atoms in total. The molecule has 0 spiro atoms. The molecule has 0 aromatic carbocycles. The van der Waals surface area contributed by atoms with Gasteiger partial charge in [-0.15, -0.1) is 0 Å². The Kier molecular flexibility index (Phi) is 6.17. The number of unbranched alkanes of at least 4 members (excludes halogenated alkanes) is 1. The Morgan fingerprint density at radius 1 is 1.56 bits per heavy atom. The summed E-state index contributed by atoms with van der Waals surface area (Å²) in [7, 11) is -3.94. The summed E-state index contributed by atoms with van der Waals surface area (Å²) in [5, 5.41) is 0. The molecule has 0 N–H and O–H groups in total. The Morgan fingerprint density at radius 3 is 2.11 bits per heavy atom. The molecule has 0 rings (SSSR count). The Morgan fingerprint density at radius 2 is 2.00 bits per heavy atom. The standard InChI is InChI=1S/C4H10O3S.CH4.H2/c1-2-3-4-8(5,6)7;;/h2-4H2,1H3,(H,5,6,7);1H4;1H/p-1/i;;1+1. The van der Waals surface area contributed by atoms with E-state index in [1.807, 2.05) is 6.92 Å². The molecule has 0 saturated heterocycles. The van der Waals surface area contributed by atoms with E-state index in [2.05, 4.69) is 0 Å². The maximum absolute atomic E-state index is 9.83. The van der Waals surface area contributed by atoms with Gasteiger partial charge in [-0.3, -0.25) is 0 Å². The summed E-state index contributed by atoms with van der Waals surface area (Å²) in [6.45, 7) is 1.84. The van der Waals surface area contributed by atoms with E-state index in [-0.39, 0.29) is 14.6 Å². The molecule has 0 aromatic heterocycles. The topological polar surface area (TPSA) is 57.2 Å². The van der Waals surface area contributed by atoms with Gasteiger partial charge in [0.25, 0.3) is 0 Å². The van der Waals surface area contributed by atoms with Crippen molar-refractivity contribution in [3.8, 4) is 0 Å². The third-order valence-electron chi connectivity index (χ3n) is 0.748. The molecule has 0 saturated carbocycles. The number of hydrogen-bond donors (Lipinski definition) is 0. The highest BCUT2D eigenvalue weighted by Gasteiger charge is 1.90. The first kappa shape index (κ1) is 11.7. The van der Waals surface area contributed by atoms with Crippen molar-refractivity contribution < 1.29 is 14.4 Å². The van der Waals surface area contributed by atoms with Crippen LogP contribution in [0.5, 0.6) is 0 Å². The third kappa shape index (κ3) is 11.5. The highest BCUT2D eigenvalue weighted by molar-refractivity contribution is 7.85. The van der Waals surface area contributed by atoms with Crippen LogP contribution in [-0.2, 0) is 10.1 Å². The second-order valence-electron chi connectivity index (χ2n) is 1.62. The lowest BCUT2D eigenvalue weighted by molar-refractivity contribution is 0.461. The van der Waals surface area contributed by atoms with Crippen LogP contribution in [0.4, 0.5) is 0 Å². The van der Waals surface area contributed by atoms with Gasteiger partial charge in [-0.2, -0.15) is 0 Å². The lowest BCUT2D eigenvalue weighted by atomic mass is 10.4. The largest absolute Gasteiger partial charge is 0.748 e. The van der Waals surface area contributed by atoms with Crippen molar-refractivity contribution in [3.63, 3.8) is 0 Å². The summed E-state index contributed by atoms with van der Waals surface area (Å²) in [4.78, 5) is 0. The maximum Gasteiger partial charge on any atom is 0.0945 e. The molecule has 0 amide bonds. The molecule has 0 aliphatic carbocycles. The van der Waals surface area contributed by atoms with E-state index >= 15 is 0 Å². The summed E-state index contributed by atoms with van der Waals surface area (Å²) in [5.74, 6) is -0.219. The third-order valence-corrected chi connectivity index (χ3v) is 1.54. The van der Waals surface area contributed by atoms with Crippen molar-refractivity contribution in [2.75, 3.05) is 5.75 Å². The first-order chi connectivity index (χ1) is 3.56. The minimum Gasteiger partial charge on any atom is -0.748 e. The minimum absolute atomic E-state index is 0. The molecule has 9 heavy (non-hydrogen) atoms. The van der Waals surface area contributed by atoms with E-state index in [1.54, 1.807) is 0 Å². The Hall–Kier alpha value is -0.0900. The monoisotopic (exact) mass is 156 g/mol. The van der Waals surface area contributed by atoms with Gasteiger partial charge in [0.2, 0.25) is 0 Å². The van der Waals surface area contributed by atoms with Gasteiger partial charge in [-0.25, -0.2) is 8.42 Å². The molecule has 0 bridgehead atoms. The predicted octanol–water partition coefficient (Wildman–Crippen LogP) is 1.21. The van der Waals surface area contributed by atoms with Crippen LogP contribution in [0.15, 0.2) is 0 Å². The van der Waals surface area contributed by atoms with Crippen molar-refractivity contribution in [1.82, 2.24) is 0 Å². The fourth-order valence-electron chi connectivity index (χ4n) is 0.321. The highest BCUT2D eigenvalue weighted by Crippen LogP contribution is 1.90. The van der Waals surface area contributed by atoms with E-state index in [1.165, 1.54) is 0 Å². The van der Waals surface area contributed by atoms with E-state index in [0.717, 1.165) is 6.42 Å². The van der Waals surface area contributed by atoms with Gasteiger partial charge in [0.15, 0.2) is 0 Å². The second-order valence-corrected chi connectivity index (χ2v) is 3.14. The van der Waals surface area contributed by atoms with Crippen LogP contribution in [0.1, 0.15) is 28.6 Å². The Labute approximate surface area is 58.3 Å². The molecule has 0 heterocycles. The first-order valence-electron chi connectivity index (χ1n) is 2.50. The Bertz CT molecular complexity index is 141. The summed E-state index contributed by atoms with van der Waals surface area (Å²) in [6.07, 6.45) is 1.23. The molecular formula is C5H15O3S-. The lowest BCUT2D eigenvalue weighted by Crippen LogP contribution is -2.02.